The molecule has 7 nitrogen and oxygen atoms in total. The van der Waals surface area contributed by atoms with E-state index in [0.29, 0.717) is 24.8 Å². The van der Waals surface area contributed by atoms with Gasteiger partial charge in [-0.3, -0.25) is 10.2 Å². The predicted molar refractivity (Wildman–Crippen MR) is 107 cm³/mol. The number of phenols is 2. The molecule has 0 spiro atoms. The normalized spacial score (nSPS) is 16.4. The molecule has 1 atom stereocenters. The number of benzene rings is 1. The van der Waals surface area contributed by atoms with Crippen LogP contribution in [0.2, 0.25) is 0 Å². The first-order valence-corrected chi connectivity index (χ1v) is 10.3. The van der Waals surface area contributed by atoms with Crippen molar-refractivity contribution in [2.45, 2.75) is 64.3 Å². The molecule has 0 saturated heterocycles. The fourth-order valence-electron chi connectivity index (χ4n) is 3.94. The predicted octanol–water partition coefficient (Wildman–Crippen LogP) is 2.87. The minimum absolute atomic E-state index is 0.0286. The topological polar surface area (TPSA) is 102 Å². The summed E-state index contributed by atoms with van der Waals surface area (Å²) in [5.74, 6) is 0.637. The number of hydrogen-bond acceptors (Lipinski definition) is 6. The van der Waals surface area contributed by atoms with Crippen molar-refractivity contribution in [2.75, 3.05) is 13.1 Å². The van der Waals surface area contributed by atoms with Gasteiger partial charge in [-0.1, -0.05) is 32.3 Å². The van der Waals surface area contributed by atoms with Crippen molar-refractivity contribution in [1.82, 2.24) is 15.6 Å². The molecule has 1 heterocycles. The van der Waals surface area contributed by atoms with Crippen LogP contribution in [0, 0.1) is 0 Å². The lowest BCUT2D eigenvalue weighted by Crippen LogP contribution is -2.49. The molecule has 0 fully saturated rings. The Balaban J connectivity index is 1.62. The molecule has 0 bridgehead atoms. The van der Waals surface area contributed by atoms with Crippen molar-refractivity contribution in [3.05, 3.63) is 45.4 Å². The van der Waals surface area contributed by atoms with Gasteiger partial charge in [-0.2, -0.15) is 5.16 Å². The van der Waals surface area contributed by atoms with E-state index in [4.69, 9.17) is 4.52 Å². The van der Waals surface area contributed by atoms with Crippen LogP contribution in [0.4, 0.5) is 0 Å². The Hall–Kier alpha value is -2.25. The first-order chi connectivity index (χ1) is 13.6. The quantitative estimate of drug-likeness (QED) is 0.283. The number of aromatic hydroxyl groups is 2. The number of hydrogen-bond donors (Lipinski definition) is 4. The number of aromatic amines is 1. The highest BCUT2D eigenvalue weighted by Gasteiger charge is 2.26. The molecule has 1 aliphatic carbocycles. The summed E-state index contributed by atoms with van der Waals surface area (Å²) in [6, 6.07) is 5.31. The maximum absolute atomic E-state index is 11.2. The highest BCUT2D eigenvalue weighted by Crippen LogP contribution is 2.36. The van der Waals surface area contributed by atoms with Crippen LogP contribution >= 0.6 is 0 Å². The first-order valence-electron chi connectivity index (χ1n) is 10.3. The van der Waals surface area contributed by atoms with E-state index >= 15 is 0 Å². The standard InChI is InChI=1S/C21H31N3O4/c1-2-3-4-5-12-24(22-11-10-17-14-20(26)23-28-17)16-7-8-18-15(13-16)6-9-19(25)21(18)27/h6,9,14,16,22,25,27H,2-5,7-8,10-13H2,1H3,(H,23,26). The van der Waals surface area contributed by atoms with E-state index in [1.807, 2.05) is 6.07 Å². The smallest absolute Gasteiger partial charge is 0.280 e. The van der Waals surface area contributed by atoms with E-state index in [2.05, 4.69) is 22.5 Å². The number of fused-ring (bicyclic) bond motifs is 1. The Bertz CT molecular complexity index is 814. The maximum Gasteiger partial charge on any atom is 0.280 e. The summed E-state index contributed by atoms with van der Waals surface area (Å²) >= 11 is 0. The summed E-state index contributed by atoms with van der Waals surface area (Å²) in [7, 11) is 0. The van der Waals surface area contributed by atoms with Gasteiger partial charge in [0.25, 0.3) is 5.56 Å². The van der Waals surface area contributed by atoms with Gasteiger partial charge in [0.05, 0.1) is 0 Å². The summed E-state index contributed by atoms with van der Waals surface area (Å²) < 4.78 is 5.13. The van der Waals surface area contributed by atoms with Crippen molar-refractivity contribution < 1.29 is 14.7 Å². The van der Waals surface area contributed by atoms with Gasteiger partial charge >= 0.3 is 0 Å². The highest BCUT2D eigenvalue weighted by molar-refractivity contribution is 5.50. The molecule has 1 unspecified atom stereocenters. The van der Waals surface area contributed by atoms with E-state index in [9.17, 15) is 15.0 Å². The summed E-state index contributed by atoms with van der Waals surface area (Å²) in [4.78, 5) is 11.2. The van der Waals surface area contributed by atoms with Crippen LogP contribution in [-0.4, -0.2) is 39.5 Å². The molecule has 0 aliphatic heterocycles. The number of aromatic nitrogens is 1. The van der Waals surface area contributed by atoms with E-state index in [1.165, 1.54) is 25.3 Å². The third-order valence-electron chi connectivity index (χ3n) is 5.50. The Kier molecular flexibility index (Phi) is 7.17. The second-order valence-electron chi connectivity index (χ2n) is 7.56. The molecule has 1 aliphatic rings. The molecule has 0 amide bonds. The number of H-pyrrole nitrogens is 1. The van der Waals surface area contributed by atoms with E-state index in [0.717, 1.165) is 43.4 Å². The van der Waals surface area contributed by atoms with Crippen molar-refractivity contribution in [2.24, 2.45) is 0 Å². The largest absolute Gasteiger partial charge is 0.504 e. The van der Waals surface area contributed by atoms with Crippen LogP contribution in [0.1, 0.15) is 55.9 Å². The fraction of sp³-hybridized carbons (Fsp3) is 0.571. The third kappa shape index (κ3) is 5.17. The summed E-state index contributed by atoms with van der Waals surface area (Å²) in [6.07, 6.45) is 7.93. The molecule has 28 heavy (non-hydrogen) atoms. The fourth-order valence-corrected chi connectivity index (χ4v) is 3.94. The first kappa shape index (κ1) is 20.5. The molecule has 4 N–H and O–H groups in total. The van der Waals surface area contributed by atoms with Crippen molar-refractivity contribution in [3.8, 4) is 11.5 Å². The zero-order valence-corrected chi connectivity index (χ0v) is 16.5. The van der Waals surface area contributed by atoms with Crippen molar-refractivity contribution in [3.63, 3.8) is 0 Å². The lowest BCUT2D eigenvalue weighted by Gasteiger charge is -2.36. The average molecular weight is 389 g/mol. The SMILES string of the molecule is CCCCCCN(NCCc1cc(=O)[nH]o1)C1CCc2c(ccc(O)c2O)C1. The molecule has 1 aromatic heterocycles. The Morgan fingerprint density at radius 1 is 1.29 bits per heavy atom. The van der Waals surface area contributed by atoms with Crippen LogP contribution in [0.3, 0.4) is 0 Å². The van der Waals surface area contributed by atoms with Gasteiger partial charge in [-0.05, 0) is 37.3 Å². The Morgan fingerprint density at radius 2 is 2.14 bits per heavy atom. The maximum atomic E-state index is 11.2. The minimum atomic E-state index is -0.210. The number of phenolic OH excluding ortho intramolecular Hbond substituents is 2. The van der Waals surface area contributed by atoms with E-state index in [1.54, 1.807) is 6.07 Å². The number of rotatable bonds is 10. The van der Waals surface area contributed by atoms with Crippen molar-refractivity contribution >= 4 is 0 Å². The van der Waals surface area contributed by atoms with E-state index < -0.39 is 0 Å². The molecular weight excluding hydrogens is 358 g/mol. The van der Waals surface area contributed by atoms with Crippen LogP contribution in [0.15, 0.2) is 27.5 Å². The van der Waals surface area contributed by atoms with E-state index in [-0.39, 0.29) is 17.1 Å². The second-order valence-corrected chi connectivity index (χ2v) is 7.56. The minimum Gasteiger partial charge on any atom is -0.504 e. The molecule has 3 rings (SSSR count). The summed E-state index contributed by atoms with van der Waals surface area (Å²) in [6.45, 7) is 3.86. The molecule has 0 radical (unpaired) electrons. The van der Waals surface area contributed by atoms with Gasteiger partial charge < -0.3 is 14.7 Å². The molecule has 7 heteroatoms. The third-order valence-corrected chi connectivity index (χ3v) is 5.50. The van der Waals surface area contributed by atoms with Crippen LogP contribution in [0.25, 0.3) is 0 Å². The number of nitrogens with one attached hydrogen (secondary N) is 2. The Labute approximate surface area is 165 Å². The molecule has 2 aromatic rings. The molecule has 1 aromatic carbocycles. The van der Waals surface area contributed by atoms with Gasteiger partial charge in [0.1, 0.15) is 5.76 Å². The van der Waals surface area contributed by atoms with Gasteiger partial charge in [0, 0.05) is 37.2 Å². The van der Waals surface area contributed by atoms with Crippen LogP contribution in [0.5, 0.6) is 11.5 Å². The number of unbranched alkanes of at least 4 members (excludes halogenated alkanes) is 3. The monoisotopic (exact) mass is 389 g/mol. The van der Waals surface area contributed by atoms with Gasteiger partial charge in [0.15, 0.2) is 11.5 Å². The van der Waals surface area contributed by atoms with Crippen LogP contribution in [-0.2, 0) is 19.3 Å². The Morgan fingerprint density at radius 3 is 2.89 bits per heavy atom. The average Bonchev–Trinajstić information content (AvgIpc) is 3.11. The molecular formula is C21H31N3O4. The molecule has 154 valence electrons. The lowest BCUT2D eigenvalue weighted by atomic mass is 9.87. The van der Waals surface area contributed by atoms with Gasteiger partial charge in [-0.25, -0.2) is 5.01 Å². The van der Waals surface area contributed by atoms with Crippen LogP contribution < -0.4 is 11.0 Å². The highest BCUT2D eigenvalue weighted by atomic mass is 16.5. The summed E-state index contributed by atoms with van der Waals surface area (Å²) in [5, 5.41) is 24.5. The summed E-state index contributed by atoms with van der Waals surface area (Å²) in [5.41, 5.74) is 5.29. The molecule has 0 saturated carbocycles. The lowest BCUT2D eigenvalue weighted by molar-refractivity contribution is 0.108. The zero-order valence-electron chi connectivity index (χ0n) is 16.5. The number of nitrogens with zero attached hydrogens (tertiary/aromatic N) is 1. The van der Waals surface area contributed by atoms with Crippen molar-refractivity contribution in [1.29, 1.82) is 0 Å². The second kappa shape index (κ2) is 9.80. The number of hydrazine groups is 1. The zero-order chi connectivity index (χ0) is 19.9. The van der Waals surface area contributed by atoms with Gasteiger partial charge in [-0.15, -0.1) is 0 Å². The van der Waals surface area contributed by atoms with Gasteiger partial charge in [0.2, 0.25) is 0 Å².